The number of rotatable bonds is 7. The van der Waals surface area contributed by atoms with Crippen LogP contribution in [0.25, 0.3) is 0 Å². The molecule has 2 aromatic carbocycles. The van der Waals surface area contributed by atoms with Gasteiger partial charge in [-0.25, -0.2) is 32.8 Å². The Morgan fingerprint density at radius 3 is 2.52 bits per heavy atom. The summed E-state index contributed by atoms with van der Waals surface area (Å²) in [5.41, 5.74) is -2.40. The van der Waals surface area contributed by atoms with Crippen LogP contribution in [0.5, 0.6) is 0 Å². The zero-order valence-electron chi connectivity index (χ0n) is 17.2. The van der Waals surface area contributed by atoms with Gasteiger partial charge in [0, 0.05) is 27.5 Å². The van der Waals surface area contributed by atoms with Crippen molar-refractivity contribution in [3.05, 3.63) is 95.2 Å². The van der Waals surface area contributed by atoms with Gasteiger partial charge in [0.25, 0.3) is 0 Å². The summed E-state index contributed by atoms with van der Waals surface area (Å²) in [6, 6.07) is 9.57. The van der Waals surface area contributed by atoms with Gasteiger partial charge in [-0.1, -0.05) is 36.4 Å². The molecular weight excluding hydrogens is 475 g/mol. The summed E-state index contributed by atoms with van der Waals surface area (Å²) in [6.07, 6.45) is 3.75. The van der Waals surface area contributed by atoms with E-state index in [1.54, 1.807) is 24.3 Å². The van der Waals surface area contributed by atoms with Gasteiger partial charge in [-0.2, -0.15) is 5.10 Å². The van der Waals surface area contributed by atoms with E-state index in [1.807, 2.05) is 0 Å². The first-order valence-corrected chi connectivity index (χ1v) is 10.9. The molecule has 170 valence electrons. The molecule has 0 aliphatic carbocycles. The summed E-state index contributed by atoms with van der Waals surface area (Å²) in [4.78, 5) is 12.6. The lowest BCUT2D eigenvalue weighted by Gasteiger charge is -2.34. The van der Waals surface area contributed by atoms with E-state index in [-0.39, 0.29) is 22.8 Å². The lowest BCUT2D eigenvalue weighted by Crippen LogP contribution is -2.39. The molecule has 1 N–H and O–H groups in total. The quantitative estimate of drug-likeness (QED) is 0.367. The fourth-order valence-electron chi connectivity index (χ4n) is 3.44. The highest BCUT2D eigenvalue weighted by Gasteiger charge is 2.42. The average molecular weight is 492 g/mol. The molecule has 2 aromatic heterocycles. The summed E-state index contributed by atoms with van der Waals surface area (Å²) < 4.78 is 45.1. The smallest absolute Gasteiger partial charge is 0.177 e. The third kappa shape index (κ3) is 4.87. The summed E-state index contributed by atoms with van der Waals surface area (Å²) >= 11 is 6.95. The minimum absolute atomic E-state index is 0.0249. The van der Waals surface area contributed by atoms with Crippen molar-refractivity contribution < 1.29 is 18.3 Å². The van der Waals surface area contributed by atoms with Crippen LogP contribution in [0.1, 0.15) is 24.1 Å². The maximum Gasteiger partial charge on any atom is 0.177 e. The van der Waals surface area contributed by atoms with E-state index < -0.39 is 29.0 Å². The fraction of sp³-hybridized carbons (Fsp3) is 0.182. The van der Waals surface area contributed by atoms with Crippen LogP contribution in [-0.2, 0) is 12.1 Å². The Balaban J connectivity index is 1.76. The molecular formula is C22H17ClF3N5OS. The summed E-state index contributed by atoms with van der Waals surface area (Å²) in [5, 5.41) is 16.2. The Labute approximate surface area is 196 Å². The lowest BCUT2D eigenvalue weighted by atomic mass is 9.79. The highest BCUT2D eigenvalue weighted by atomic mass is 35.5. The van der Waals surface area contributed by atoms with E-state index in [0.29, 0.717) is 16.0 Å². The zero-order chi connectivity index (χ0) is 23.6. The molecule has 0 spiro atoms. The van der Waals surface area contributed by atoms with Crippen LogP contribution in [0.4, 0.5) is 13.2 Å². The molecule has 0 bridgehead atoms. The average Bonchev–Trinajstić information content (AvgIpc) is 3.29. The lowest BCUT2D eigenvalue weighted by molar-refractivity contribution is -0.0135. The fourth-order valence-corrected chi connectivity index (χ4v) is 4.35. The van der Waals surface area contributed by atoms with Crippen molar-refractivity contribution >= 4 is 23.4 Å². The van der Waals surface area contributed by atoms with Gasteiger partial charge >= 0.3 is 0 Å². The molecule has 33 heavy (non-hydrogen) atoms. The van der Waals surface area contributed by atoms with Gasteiger partial charge in [0.15, 0.2) is 5.82 Å². The van der Waals surface area contributed by atoms with E-state index in [4.69, 9.17) is 11.6 Å². The van der Waals surface area contributed by atoms with Gasteiger partial charge in [-0.05, 0) is 30.3 Å². The van der Waals surface area contributed by atoms with Gasteiger partial charge in [-0.3, -0.25) is 0 Å². The van der Waals surface area contributed by atoms with Crippen molar-refractivity contribution in [3.8, 4) is 0 Å². The van der Waals surface area contributed by atoms with E-state index in [0.717, 1.165) is 23.9 Å². The second-order valence-corrected chi connectivity index (χ2v) is 8.80. The van der Waals surface area contributed by atoms with Gasteiger partial charge < -0.3 is 5.11 Å². The molecule has 0 aliphatic heterocycles. The molecule has 0 fully saturated rings. The van der Waals surface area contributed by atoms with E-state index in [9.17, 15) is 13.9 Å². The van der Waals surface area contributed by atoms with Crippen molar-refractivity contribution in [2.75, 3.05) is 0 Å². The Bertz CT molecular complexity index is 1260. The molecule has 0 unspecified atom stereocenters. The van der Waals surface area contributed by atoms with E-state index in [2.05, 4.69) is 20.1 Å². The predicted octanol–water partition coefficient (Wildman–Crippen LogP) is 4.98. The molecule has 11 heteroatoms. The molecule has 6 nitrogen and oxygen atoms in total. The van der Waals surface area contributed by atoms with Crippen LogP contribution < -0.4 is 0 Å². The molecule has 2 atom stereocenters. The zero-order valence-corrected chi connectivity index (χ0v) is 18.7. The van der Waals surface area contributed by atoms with Crippen molar-refractivity contribution in [2.45, 2.75) is 34.9 Å². The Hall–Kier alpha value is -2.95. The standard InChI is InChI=1S/C22H17ClF3N5OS/c1-13(20-19(26)21(29-11-28-20)33-16-5-2-14(23)3-6-16)22(32,9-31-12-27-10-30-31)17-7-4-15(24)8-18(17)25/h2-8,10-13,32H,9H2,1H3/t13-,22+/m0/s1. The van der Waals surface area contributed by atoms with Gasteiger partial charge in [-0.15, -0.1) is 0 Å². The molecule has 0 amide bonds. The van der Waals surface area contributed by atoms with Crippen LogP contribution in [0.2, 0.25) is 5.02 Å². The van der Waals surface area contributed by atoms with Crippen molar-refractivity contribution in [1.82, 2.24) is 24.7 Å². The first-order valence-electron chi connectivity index (χ1n) is 9.72. The topological polar surface area (TPSA) is 76.7 Å². The summed E-state index contributed by atoms with van der Waals surface area (Å²) in [7, 11) is 0. The number of aromatic nitrogens is 5. The summed E-state index contributed by atoms with van der Waals surface area (Å²) in [6.45, 7) is 1.22. The normalized spacial score (nSPS) is 14.1. The Kier molecular flexibility index (Phi) is 6.68. The van der Waals surface area contributed by atoms with Crippen molar-refractivity contribution in [2.24, 2.45) is 0 Å². The van der Waals surface area contributed by atoms with Gasteiger partial charge in [0.05, 0.1) is 12.2 Å². The van der Waals surface area contributed by atoms with Crippen LogP contribution in [0.15, 0.2) is 71.4 Å². The molecule has 0 saturated heterocycles. The highest BCUT2D eigenvalue weighted by molar-refractivity contribution is 7.99. The maximum absolute atomic E-state index is 15.5. The number of benzene rings is 2. The number of aliphatic hydroxyl groups is 1. The van der Waals surface area contributed by atoms with Crippen LogP contribution in [-0.4, -0.2) is 29.8 Å². The Morgan fingerprint density at radius 2 is 1.85 bits per heavy atom. The minimum Gasteiger partial charge on any atom is -0.382 e. The van der Waals surface area contributed by atoms with Crippen LogP contribution in [0.3, 0.4) is 0 Å². The second kappa shape index (κ2) is 9.50. The van der Waals surface area contributed by atoms with Crippen molar-refractivity contribution in [1.29, 1.82) is 0 Å². The number of halogens is 4. The molecule has 0 radical (unpaired) electrons. The van der Waals surface area contributed by atoms with Crippen molar-refractivity contribution in [3.63, 3.8) is 0 Å². The number of hydrogen-bond acceptors (Lipinski definition) is 6. The number of nitrogens with zero attached hydrogens (tertiary/aromatic N) is 5. The van der Waals surface area contributed by atoms with E-state index in [1.165, 1.54) is 30.6 Å². The van der Waals surface area contributed by atoms with Gasteiger partial charge in [0.1, 0.15) is 41.2 Å². The first-order chi connectivity index (χ1) is 15.8. The first kappa shape index (κ1) is 23.2. The van der Waals surface area contributed by atoms with E-state index >= 15 is 4.39 Å². The van der Waals surface area contributed by atoms with Crippen LogP contribution >= 0.6 is 23.4 Å². The third-order valence-electron chi connectivity index (χ3n) is 5.21. The highest BCUT2D eigenvalue weighted by Crippen LogP contribution is 2.41. The third-order valence-corrected chi connectivity index (χ3v) is 6.44. The number of hydrogen-bond donors (Lipinski definition) is 1. The molecule has 0 aliphatic rings. The molecule has 4 rings (SSSR count). The monoisotopic (exact) mass is 491 g/mol. The molecule has 2 heterocycles. The second-order valence-electron chi connectivity index (χ2n) is 7.30. The van der Waals surface area contributed by atoms with Crippen LogP contribution in [0, 0.1) is 17.5 Å². The Morgan fingerprint density at radius 1 is 1.09 bits per heavy atom. The predicted molar refractivity (Wildman–Crippen MR) is 116 cm³/mol. The van der Waals surface area contributed by atoms with Gasteiger partial charge in [0.2, 0.25) is 0 Å². The maximum atomic E-state index is 15.5. The minimum atomic E-state index is -2.04. The summed E-state index contributed by atoms with van der Waals surface area (Å²) in [5.74, 6) is -3.62. The molecule has 0 saturated carbocycles. The SMILES string of the molecule is C[C@@H](c1ncnc(Sc2ccc(Cl)cc2)c1F)[C@](O)(Cn1cncn1)c1ccc(F)cc1F. The largest absolute Gasteiger partial charge is 0.382 e. The molecule has 4 aromatic rings.